The van der Waals surface area contributed by atoms with E-state index in [0.717, 1.165) is 17.0 Å². The van der Waals surface area contributed by atoms with Gasteiger partial charge < -0.3 is 13.4 Å². The largest absolute Gasteiger partial charge is 0.416 e. The third-order valence-corrected chi connectivity index (χ3v) is 19.5. The summed E-state index contributed by atoms with van der Waals surface area (Å²) in [6.45, 7) is 23.2. The van der Waals surface area contributed by atoms with Crippen LogP contribution in [0.5, 0.6) is 0 Å². The highest BCUT2D eigenvalue weighted by atomic mass is 28.4. The number of carbonyl (C=O) groups excluding carboxylic acids is 2. The normalized spacial score (nSPS) is 22.7. The van der Waals surface area contributed by atoms with E-state index in [2.05, 4.69) is 84.4 Å². The van der Waals surface area contributed by atoms with E-state index in [4.69, 9.17) is 13.8 Å². The van der Waals surface area contributed by atoms with Crippen LogP contribution in [-0.2, 0) is 25.0 Å². The minimum atomic E-state index is -2.35. The fourth-order valence-electron chi connectivity index (χ4n) is 5.85. The van der Waals surface area contributed by atoms with Gasteiger partial charge in [-0.25, -0.2) is 9.88 Å². The van der Waals surface area contributed by atoms with Crippen LogP contribution in [0.4, 0.5) is 5.69 Å². The van der Waals surface area contributed by atoms with Crippen molar-refractivity contribution in [3.05, 3.63) is 83.9 Å². The summed E-state index contributed by atoms with van der Waals surface area (Å²) in [7, 11) is -4.54. The number of imidazole rings is 1. The van der Waals surface area contributed by atoms with Crippen LogP contribution < -0.4 is 4.90 Å². The first-order chi connectivity index (χ1) is 20.4. The van der Waals surface area contributed by atoms with Crippen LogP contribution in [-0.4, -0.2) is 44.6 Å². The number of fused-ring (bicyclic) bond motifs is 3. The summed E-state index contributed by atoms with van der Waals surface area (Å²) in [6, 6.07) is 19.5. The van der Waals surface area contributed by atoms with Gasteiger partial charge in [0.25, 0.3) is 0 Å². The van der Waals surface area contributed by atoms with Crippen molar-refractivity contribution in [2.75, 3.05) is 11.5 Å². The average molecular weight is 632 g/mol. The monoisotopic (exact) mass is 631 g/mol. The molecule has 1 fully saturated rings. The van der Waals surface area contributed by atoms with Crippen LogP contribution in [0.25, 0.3) is 0 Å². The lowest BCUT2D eigenvalue weighted by atomic mass is 9.72. The maximum Gasteiger partial charge on any atom is 0.243 e. The van der Waals surface area contributed by atoms with Gasteiger partial charge in [0.2, 0.25) is 11.8 Å². The van der Waals surface area contributed by atoms with Gasteiger partial charge in [0.05, 0.1) is 41.3 Å². The molecule has 2 heterocycles. The Morgan fingerprint density at radius 2 is 1.36 bits per heavy atom. The number of rotatable bonds is 8. The standard InChI is InChI=1S/C35H49N3O4Si2/c1-34(2,3)43(7,8)41-22-26-27-28(33(40)38(32(27)39)25-19-15-12-16-20-25)30-29(31(26)42-44(9,10)35(4,5)6)36-23-37(30)21-24-17-13-11-14-18-24/h11-20,23,26-28,31H,21-22H2,1-10H3. The van der Waals surface area contributed by atoms with E-state index in [-0.39, 0.29) is 27.8 Å². The fraction of sp³-hybridized carbons (Fsp3) is 0.514. The SMILES string of the molecule is CC(C)(C)[Si](C)(C)OCC1C(O[Si](C)(C)C(C)(C)C)c2ncn(Cc3ccccc3)c2C2C(=O)N(c3ccccc3)C(=O)C21. The molecular formula is C35H49N3O4Si2. The summed E-state index contributed by atoms with van der Waals surface area (Å²) in [5, 5.41) is -0.0715. The maximum absolute atomic E-state index is 14.6. The van der Waals surface area contributed by atoms with Gasteiger partial charge in [-0.2, -0.15) is 0 Å². The molecule has 9 heteroatoms. The minimum Gasteiger partial charge on any atom is -0.416 e. The Bertz CT molecular complexity index is 1510. The number of hydrogen-bond acceptors (Lipinski definition) is 5. The highest BCUT2D eigenvalue weighted by molar-refractivity contribution is 6.74. The summed E-state index contributed by atoms with van der Waals surface area (Å²) in [6.07, 6.45) is 1.36. The summed E-state index contributed by atoms with van der Waals surface area (Å²) < 4.78 is 16.2. The van der Waals surface area contributed by atoms with Crippen LogP contribution in [0.3, 0.4) is 0 Å². The second kappa shape index (κ2) is 11.5. The first-order valence-electron chi connectivity index (χ1n) is 15.8. The lowest BCUT2D eigenvalue weighted by molar-refractivity contribution is -0.125. The number of nitrogens with zero attached hydrogens (tertiary/aromatic N) is 3. The molecule has 1 aliphatic carbocycles. The van der Waals surface area contributed by atoms with Crippen molar-refractivity contribution in [3.63, 3.8) is 0 Å². The second-order valence-corrected chi connectivity index (χ2v) is 25.1. The first kappa shape index (κ1) is 32.5. The Labute approximate surface area is 265 Å². The molecule has 236 valence electrons. The van der Waals surface area contributed by atoms with E-state index in [0.29, 0.717) is 18.8 Å². The van der Waals surface area contributed by atoms with E-state index in [9.17, 15) is 9.59 Å². The number of carbonyl (C=O) groups is 2. The predicted molar refractivity (Wildman–Crippen MR) is 181 cm³/mol. The summed E-state index contributed by atoms with van der Waals surface area (Å²) in [4.78, 5) is 35.4. The average Bonchev–Trinajstić information content (AvgIpc) is 3.45. The molecule has 2 amide bonds. The highest BCUT2D eigenvalue weighted by Crippen LogP contribution is 2.54. The van der Waals surface area contributed by atoms with Crippen molar-refractivity contribution >= 4 is 34.1 Å². The minimum absolute atomic E-state index is 0.00907. The number of anilines is 1. The Morgan fingerprint density at radius 1 is 0.795 bits per heavy atom. The number of para-hydroxylation sites is 1. The van der Waals surface area contributed by atoms with Crippen LogP contribution in [0, 0.1) is 11.8 Å². The van der Waals surface area contributed by atoms with Gasteiger partial charge in [-0.1, -0.05) is 90.1 Å². The summed E-state index contributed by atoms with van der Waals surface area (Å²) >= 11 is 0. The molecule has 1 saturated heterocycles. The number of hydrogen-bond donors (Lipinski definition) is 0. The topological polar surface area (TPSA) is 73.7 Å². The molecule has 0 saturated carbocycles. The molecule has 5 rings (SSSR count). The third kappa shape index (κ3) is 5.79. The lowest BCUT2D eigenvalue weighted by Gasteiger charge is -2.46. The second-order valence-electron chi connectivity index (χ2n) is 15.5. The Balaban J connectivity index is 1.68. The smallest absolute Gasteiger partial charge is 0.243 e. The van der Waals surface area contributed by atoms with Crippen molar-refractivity contribution in [2.24, 2.45) is 11.8 Å². The van der Waals surface area contributed by atoms with E-state index in [1.807, 2.05) is 54.9 Å². The molecule has 1 aliphatic heterocycles. The third-order valence-electron chi connectivity index (χ3n) is 10.6. The van der Waals surface area contributed by atoms with Crippen LogP contribution in [0.1, 0.15) is 70.5 Å². The van der Waals surface area contributed by atoms with Crippen LogP contribution in [0.15, 0.2) is 67.0 Å². The Hall–Kier alpha value is -2.86. The molecule has 1 aromatic heterocycles. The number of aromatic nitrogens is 2. The van der Waals surface area contributed by atoms with Gasteiger partial charge in [-0.05, 0) is 54.0 Å². The molecule has 2 aromatic carbocycles. The summed E-state index contributed by atoms with van der Waals surface area (Å²) in [5.74, 6) is -2.04. The number of benzene rings is 2. The van der Waals surface area contributed by atoms with Gasteiger partial charge >= 0.3 is 0 Å². The van der Waals surface area contributed by atoms with Gasteiger partial charge in [0.1, 0.15) is 0 Å². The maximum atomic E-state index is 14.6. The molecule has 0 bridgehead atoms. The number of imide groups is 1. The van der Waals surface area contributed by atoms with Crippen LogP contribution >= 0.6 is 0 Å². The van der Waals surface area contributed by atoms with Gasteiger partial charge in [0, 0.05) is 19.1 Å². The lowest BCUT2D eigenvalue weighted by Crippen LogP contribution is -2.49. The van der Waals surface area contributed by atoms with Crippen LogP contribution in [0.2, 0.25) is 36.3 Å². The zero-order chi connectivity index (χ0) is 32.2. The van der Waals surface area contributed by atoms with E-state index in [1.165, 1.54) is 4.90 Å². The van der Waals surface area contributed by atoms with Crippen molar-refractivity contribution in [2.45, 2.75) is 96.4 Å². The van der Waals surface area contributed by atoms with Crippen molar-refractivity contribution in [1.29, 1.82) is 0 Å². The zero-order valence-corrected chi connectivity index (χ0v) is 30.0. The molecule has 3 aromatic rings. The van der Waals surface area contributed by atoms with Crippen molar-refractivity contribution in [3.8, 4) is 0 Å². The first-order valence-corrected chi connectivity index (χ1v) is 21.6. The highest BCUT2D eigenvalue weighted by Gasteiger charge is 2.61. The molecule has 2 aliphatic rings. The molecule has 7 nitrogen and oxygen atoms in total. The van der Waals surface area contributed by atoms with Gasteiger partial charge in [-0.15, -0.1) is 0 Å². The predicted octanol–water partition coefficient (Wildman–Crippen LogP) is 7.92. The van der Waals surface area contributed by atoms with E-state index >= 15 is 0 Å². The van der Waals surface area contributed by atoms with Gasteiger partial charge in [-0.3, -0.25) is 9.59 Å². The molecule has 0 spiro atoms. The fourth-order valence-corrected chi connectivity index (χ4v) is 8.17. The molecular weight excluding hydrogens is 583 g/mol. The zero-order valence-electron chi connectivity index (χ0n) is 28.0. The Kier molecular flexibility index (Phi) is 8.50. The molecule has 0 radical (unpaired) electrons. The van der Waals surface area contributed by atoms with Crippen molar-refractivity contribution in [1.82, 2.24) is 9.55 Å². The molecule has 4 unspecified atom stereocenters. The molecule has 44 heavy (non-hydrogen) atoms. The van der Waals surface area contributed by atoms with Crippen molar-refractivity contribution < 1.29 is 18.4 Å². The van der Waals surface area contributed by atoms with E-state index in [1.54, 1.807) is 0 Å². The molecule has 0 N–H and O–H groups in total. The van der Waals surface area contributed by atoms with E-state index < -0.39 is 34.6 Å². The summed E-state index contributed by atoms with van der Waals surface area (Å²) in [5.41, 5.74) is 3.26. The number of amides is 2. The Morgan fingerprint density at radius 3 is 1.93 bits per heavy atom. The van der Waals surface area contributed by atoms with Gasteiger partial charge in [0.15, 0.2) is 16.6 Å². The quantitative estimate of drug-likeness (QED) is 0.187. The molecule has 4 atom stereocenters.